The second kappa shape index (κ2) is 6.53. The highest BCUT2D eigenvalue weighted by Crippen LogP contribution is 2.21. The van der Waals surface area contributed by atoms with E-state index in [0.717, 1.165) is 19.4 Å². The Labute approximate surface area is 110 Å². The summed E-state index contributed by atoms with van der Waals surface area (Å²) in [4.78, 5) is 14.0. The van der Waals surface area contributed by atoms with Crippen molar-refractivity contribution in [3.05, 3.63) is 0 Å². The van der Waals surface area contributed by atoms with Crippen LogP contribution in [0.4, 0.5) is 0 Å². The predicted molar refractivity (Wildman–Crippen MR) is 71.2 cm³/mol. The monoisotopic (exact) mass is 254 g/mol. The molecule has 0 aromatic carbocycles. The minimum Gasteiger partial charge on any atom is -0.376 e. The molecule has 1 saturated carbocycles. The molecule has 1 aliphatic carbocycles. The molecule has 1 saturated heterocycles. The minimum atomic E-state index is -0.0342. The molecule has 104 valence electrons. The smallest absolute Gasteiger partial charge is 0.240 e. The van der Waals surface area contributed by atoms with Crippen LogP contribution in [0.25, 0.3) is 0 Å². The number of nitrogens with zero attached hydrogens (tertiary/aromatic N) is 1. The topological polar surface area (TPSA) is 41.6 Å². The number of ether oxygens (including phenoxy) is 1. The van der Waals surface area contributed by atoms with Gasteiger partial charge in [-0.05, 0) is 26.2 Å². The molecule has 1 aliphatic heterocycles. The Kier molecular flexibility index (Phi) is 5.01. The van der Waals surface area contributed by atoms with Gasteiger partial charge in [-0.15, -0.1) is 0 Å². The van der Waals surface area contributed by atoms with Crippen molar-refractivity contribution in [2.45, 2.75) is 70.7 Å². The Hall–Kier alpha value is -0.610. The Morgan fingerprint density at radius 2 is 2.11 bits per heavy atom. The standard InChI is InChI=1S/C14H26N2O2/c1-3-6-13-15-11(2)14(17)16(13)9-10-18-12-7-4-5-8-12/h11-13,15H,3-10H2,1-2H3. The third-order valence-electron chi connectivity index (χ3n) is 4.02. The van der Waals surface area contributed by atoms with Crippen molar-refractivity contribution in [2.24, 2.45) is 0 Å². The molecule has 2 atom stereocenters. The normalized spacial score (nSPS) is 29.4. The summed E-state index contributed by atoms with van der Waals surface area (Å²) in [6.07, 6.45) is 7.76. The van der Waals surface area contributed by atoms with Crippen molar-refractivity contribution in [2.75, 3.05) is 13.2 Å². The summed E-state index contributed by atoms with van der Waals surface area (Å²) in [6.45, 7) is 5.52. The minimum absolute atomic E-state index is 0.0342. The second-order valence-corrected chi connectivity index (χ2v) is 5.50. The van der Waals surface area contributed by atoms with E-state index in [2.05, 4.69) is 12.2 Å². The van der Waals surface area contributed by atoms with Crippen molar-refractivity contribution >= 4 is 5.91 Å². The van der Waals surface area contributed by atoms with Crippen molar-refractivity contribution in [3.8, 4) is 0 Å². The molecule has 18 heavy (non-hydrogen) atoms. The first-order valence-electron chi connectivity index (χ1n) is 7.40. The summed E-state index contributed by atoms with van der Waals surface area (Å²) in [7, 11) is 0. The Morgan fingerprint density at radius 3 is 2.78 bits per heavy atom. The number of amides is 1. The van der Waals surface area contributed by atoms with Gasteiger partial charge >= 0.3 is 0 Å². The first kappa shape index (κ1) is 13.8. The molecule has 0 aromatic heterocycles. The summed E-state index contributed by atoms with van der Waals surface area (Å²) in [5.74, 6) is 0.225. The Bertz CT molecular complexity index is 277. The van der Waals surface area contributed by atoms with Gasteiger partial charge in [-0.1, -0.05) is 26.2 Å². The summed E-state index contributed by atoms with van der Waals surface area (Å²) < 4.78 is 5.85. The van der Waals surface area contributed by atoms with E-state index in [-0.39, 0.29) is 18.1 Å². The van der Waals surface area contributed by atoms with E-state index in [1.165, 1.54) is 25.7 Å². The zero-order valence-electron chi connectivity index (χ0n) is 11.7. The van der Waals surface area contributed by atoms with Gasteiger partial charge in [0, 0.05) is 6.54 Å². The van der Waals surface area contributed by atoms with Gasteiger partial charge in [0.2, 0.25) is 5.91 Å². The van der Waals surface area contributed by atoms with Crippen LogP contribution in [0.2, 0.25) is 0 Å². The summed E-state index contributed by atoms with van der Waals surface area (Å²) >= 11 is 0. The van der Waals surface area contributed by atoms with Crippen LogP contribution in [-0.4, -0.2) is 42.3 Å². The van der Waals surface area contributed by atoms with Crippen LogP contribution in [0.5, 0.6) is 0 Å². The molecule has 1 amide bonds. The lowest BCUT2D eigenvalue weighted by atomic mass is 10.2. The van der Waals surface area contributed by atoms with Crippen LogP contribution < -0.4 is 5.32 Å². The van der Waals surface area contributed by atoms with Gasteiger partial charge in [-0.3, -0.25) is 10.1 Å². The first-order valence-corrected chi connectivity index (χ1v) is 7.40. The molecular weight excluding hydrogens is 228 g/mol. The summed E-state index contributed by atoms with van der Waals surface area (Å²) in [5.41, 5.74) is 0. The maximum absolute atomic E-state index is 12.0. The molecular formula is C14H26N2O2. The Balaban J connectivity index is 1.76. The Morgan fingerprint density at radius 1 is 1.39 bits per heavy atom. The van der Waals surface area contributed by atoms with Crippen LogP contribution in [-0.2, 0) is 9.53 Å². The van der Waals surface area contributed by atoms with Gasteiger partial charge in [0.15, 0.2) is 0 Å². The van der Waals surface area contributed by atoms with Gasteiger partial charge in [0.05, 0.1) is 24.9 Å². The average molecular weight is 254 g/mol. The molecule has 4 heteroatoms. The van der Waals surface area contributed by atoms with E-state index in [4.69, 9.17) is 4.74 Å². The average Bonchev–Trinajstić information content (AvgIpc) is 2.94. The lowest BCUT2D eigenvalue weighted by molar-refractivity contribution is -0.130. The lowest BCUT2D eigenvalue weighted by Gasteiger charge is -2.24. The largest absolute Gasteiger partial charge is 0.376 e. The molecule has 4 nitrogen and oxygen atoms in total. The fraction of sp³-hybridized carbons (Fsp3) is 0.929. The molecule has 2 rings (SSSR count). The molecule has 0 aromatic rings. The number of rotatable bonds is 6. The fourth-order valence-electron chi connectivity index (χ4n) is 3.00. The van der Waals surface area contributed by atoms with Gasteiger partial charge in [0.1, 0.15) is 0 Å². The van der Waals surface area contributed by atoms with E-state index in [1.54, 1.807) is 0 Å². The second-order valence-electron chi connectivity index (χ2n) is 5.50. The molecule has 0 bridgehead atoms. The van der Waals surface area contributed by atoms with Gasteiger partial charge in [-0.25, -0.2) is 0 Å². The van der Waals surface area contributed by atoms with Crippen LogP contribution in [0.3, 0.4) is 0 Å². The summed E-state index contributed by atoms with van der Waals surface area (Å²) in [6, 6.07) is -0.0342. The van der Waals surface area contributed by atoms with Crippen molar-refractivity contribution < 1.29 is 9.53 Å². The van der Waals surface area contributed by atoms with E-state index in [1.807, 2.05) is 11.8 Å². The van der Waals surface area contributed by atoms with Crippen molar-refractivity contribution in [3.63, 3.8) is 0 Å². The molecule has 1 N–H and O–H groups in total. The molecule has 2 aliphatic rings. The third-order valence-corrected chi connectivity index (χ3v) is 4.02. The maximum atomic E-state index is 12.0. The van der Waals surface area contributed by atoms with Gasteiger partial charge < -0.3 is 9.64 Å². The summed E-state index contributed by atoms with van der Waals surface area (Å²) in [5, 5.41) is 3.35. The van der Waals surface area contributed by atoms with E-state index in [9.17, 15) is 4.79 Å². The number of nitrogens with one attached hydrogen (secondary N) is 1. The zero-order valence-corrected chi connectivity index (χ0v) is 11.7. The highest BCUT2D eigenvalue weighted by molar-refractivity contribution is 5.83. The highest BCUT2D eigenvalue weighted by atomic mass is 16.5. The van der Waals surface area contributed by atoms with E-state index >= 15 is 0 Å². The van der Waals surface area contributed by atoms with Crippen molar-refractivity contribution in [1.29, 1.82) is 0 Å². The predicted octanol–water partition coefficient (Wildman–Crippen LogP) is 1.89. The van der Waals surface area contributed by atoms with Crippen LogP contribution in [0.15, 0.2) is 0 Å². The SMILES string of the molecule is CCCC1NC(C)C(=O)N1CCOC1CCCC1. The molecule has 1 heterocycles. The number of hydrogen-bond acceptors (Lipinski definition) is 3. The third kappa shape index (κ3) is 3.23. The van der Waals surface area contributed by atoms with Gasteiger partial charge in [0.25, 0.3) is 0 Å². The molecule has 0 spiro atoms. The number of carbonyl (C=O) groups excluding carboxylic acids is 1. The van der Waals surface area contributed by atoms with Crippen LogP contribution >= 0.6 is 0 Å². The lowest BCUT2D eigenvalue weighted by Crippen LogP contribution is -2.39. The number of hydrogen-bond donors (Lipinski definition) is 1. The van der Waals surface area contributed by atoms with Crippen LogP contribution in [0, 0.1) is 0 Å². The molecule has 2 fully saturated rings. The highest BCUT2D eigenvalue weighted by Gasteiger charge is 2.35. The molecule has 2 unspecified atom stereocenters. The first-order chi connectivity index (χ1) is 8.72. The maximum Gasteiger partial charge on any atom is 0.240 e. The van der Waals surface area contributed by atoms with Crippen LogP contribution in [0.1, 0.15) is 52.4 Å². The quantitative estimate of drug-likeness (QED) is 0.787. The fourth-order valence-corrected chi connectivity index (χ4v) is 3.00. The van der Waals surface area contributed by atoms with E-state index < -0.39 is 0 Å². The zero-order chi connectivity index (χ0) is 13.0. The van der Waals surface area contributed by atoms with Gasteiger partial charge in [-0.2, -0.15) is 0 Å². The van der Waals surface area contributed by atoms with Crippen molar-refractivity contribution in [1.82, 2.24) is 10.2 Å². The van der Waals surface area contributed by atoms with E-state index in [0.29, 0.717) is 12.7 Å². The number of carbonyl (C=O) groups is 1. The molecule has 0 radical (unpaired) electrons.